The van der Waals surface area contributed by atoms with Gasteiger partial charge in [-0.25, -0.2) is 4.98 Å². The van der Waals surface area contributed by atoms with E-state index in [2.05, 4.69) is 4.98 Å². The number of ether oxygens (including phenoxy) is 1. The van der Waals surface area contributed by atoms with E-state index in [9.17, 15) is 13.2 Å². The highest BCUT2D eigenvalue weighted by Gasteiger charge is 2.30. The molecule has 0 amide bonds. The SMILES string of the molecule is Cc1ncc(COc2cccc(C(F)(F)F)c2)n1C. The fraction of sp³-hybridized carbons (Fsp3) is 0.308. The summed E-state index contributed by atoms with van der Waals surface area (Å²) < 4.78 is 44.8. The van der Waals surface area contributed by atoms with Crippen LogP contribution in [-0.4, -0.2) is 9.55 Å². The topological polar surface area (TPSA) is 27.1 Å². The molecule has 19 heavy (non-hydrogen) atoms. The molecule has 0 radical (unpaired) electrons. The molecule has 0 N–H and O–H groups in total. The first-order valence-corrected chi connectivity index (χ1v) is 5.65. The van der Waals surface area contributed by atoms with E-state index in [1.54, 1.807) is 6.20 Å². The highest BCUT2D eigenvalue weighted by Crippen LogP contribution is 2.31. The van der Waals surface area contributed by atoms with Crippen LogP contribution in [-0.2, 0) is 19.8 Å². The maximum Gasteiger partial charge on any atom is 0.416 e. The Balaban J connectivity index is 2.10. The zero-order chi connectivity index (χ0) is 14.0. The Hall–Kier alpha value is -1.98. The molecule has 0 aliphatic rings. The summed E-state index contributed by atoms with van der Waals surface area (Å²) in [4.78, 5) is 4.09. The molecule has 2 rings (SSSR count). The minimum Gasteiger partial charge on any atom is -0.487 e. The van der Waals surface area contributed by atoms with E-state index in [-0.39, 0.29) is 12.4 Å². The first-order valence-electron chi connectivity index (χ1n) is 5.65. The molecule has 1 aromatic heterocycles. The number of imidazole rings is 1. The number of rotatable bonds is 3. The van der Waals surface area contributed by atoms with Gasteiger partial charge in [-0.2, -0.15) is 13.2 Å². The van der Waals surface area contributed by atoms with E-state index in [4.69, 9.17) is 4.74 Å². The number of hydrogen-bond donors (Lipinski definition) is 0. The van der Waals surface area contributed by atoms with Crippen LogP contribution in [0.15, 0.2) is 30.5 Å². The van der Waals surface area contributed by atoms with Gasteiger partial charge in [0.2, 0.25) is 0 Å². The average Bonchev–Trinajstić information content (AvgIpc) is 2.67. The van der Waals surface area contributed by atoms with Crippen LogP contribution in [0.2, 0.25) is 0 Å². The van der Waals surface area contributed by atoms with Crippen LogP contribution in [0.5, 0.6) is 5.75 Å². The van der Waals surface area contributed by atoms with Crippen molar-refractivity contribution in [2.45, 2.75) is 19.7 Å². The molecular weight excluding hydrogens is 257 g/mol. The van der Waals surface area contributed by atoms with Gasteiger partial charge in [0.05, 0.1) is 17.5 Å². The lowest BCUT2D eigenvalue weighted by molar-refractivity contribution is -0.137. The molecule has 1 heterocycles. The summed E-state index contributed by atoms with van der Waals surface area (Å²) in [6.45, 7) is 2.02. The minimum absolute atomic E-state index is 0.179. The molecule has 102 valence electrons. The molecule has 0 unspecified atom stereocenters. The summed E-state index contributed by atoms with van der Waals surface area (Å²) in [5.74, 6) is 1.01. The highest BCUT2D eigenvalue weighted by molar-refractivity contribution is 5.30. The van der Waals surface area contributed by atoms with Gasteiger partial charge >= 0.3 is 6.18 Å². The predicted octanol–water partition coefficient (Wildman–Crippen LogP) is 3.33. The van der Waals surface area contributed by atoms with Crippen molar-refractivity contribution < 1.29 is 17.9 Å². The average molecular weight is 270 g/mol. The summed E-state index contributed by atoms with van der Waals surface area (Å²) >= 11 is 0. The lowest BCUT2D eigenvalue weighted by Gasteiger charge is -2.10. The van der Waals surface area contributed by atoms with Crippen molar-refractivity contribution in [3.63, 3.8) is 0 Å². The van der Waals surface area contributed by atoms with Crippen LogP contribution in [0.4, 0.5) is 13.2 Å². The van der Waals surface area contributed by atoms with Gasteiger partial charge in [-0.15, -0.1) is 0 Å². The molecule has 1 aromatic carbocycles. The lowest BCUT2D eigenvalue weighted by Crippen LogP contribution is -2.06. The molecule has 0 aliphatic heterocycles. The second-order valence-corrected chi connectivity index (χ2v) is 4.17. The van der Waals surface area contributed by atoms with Crippen molar-refractivity contribution in [3.05, 3.63) is 47.5 Å². The first kappa shape index (κ1) is 13.5. The number of halogens is 3. The number of benzene rings is 1. The Labute approximate surface area is 108 Å². The van der Waals surface area contributed by atoms with Crippen LogP contribution >= 0.6 is 0 Å². The smallest absolute Gasteiger partial charge is 0.416 e. The van der Waals surface area contributed by atoms with Crippen molar-refractivity contribution >= 4 is 0 Å². The summed E-state index contributed by atoms with van der Waals surface area (Å²) in [6, 6.07) is 4.83. The third-order valence-electron chi connectivity index (χ3n) is 2.86. The van der Waals surface area contributed by atoms with E-state index >= 15 is 0 Å². The Bertz CT molecular complexity index is 576. The number of nitrogens with zero attached hydrogens (tertiary/aromatic N) is 2. The molecule has 0 saturated carbocycles. The zero-order valence-corrected chi connectivity index (χ0v) is 10.5. The van der Waals surface area contributed by atoms with Crippen LogP contribution in [0.25, 0.3) is 0 Å². The third-order valence-corrected chi connectivity index (χ3v) is 2.86. The van der Waals surface area contributed by atoms with Crippen LogP contribution < -0.4 is 4.74 Å². The largest absolute Gasteiger partial charge is 0.487 e. The van der Waals surface area contributed by atoms with Crippen molar-refractivity contribution in [3.8, 4) is 5.75 Å². The molecule has 0 bridgehead atoms. The summed E-state index contributed by atoms with van der Waals surface area (Å²) in [7, 11) is 1.83. The number of aromatic nitrogens is 2. The first-order chi connectivity index (χ1) is 8.88. The van der Waals surface area contributed by atoms with Crippen molar-refractivity contribution in [1.82, 2.24) is 9.55 Å². The Morgan fingerprint density at radius 1 is 1.32 bits per heavy atom. The third kappa shape index (κ3) is 3.07. The van der Waals surface area contributed by atoms with E-state index in [1.807, 2.05) is 18.5 Å². The van der Waals surface area contributed by atoms with E-state index in [1.165, 1.54) is 12.1 Å². The Morgan fingerprint density at radius 2 is 2.05 bits per heavy atom. The van der Waals surface area contributed by atoms with Gasteiger partial charge in [-0.05, 0) is 25.1 Å². The molecule has 0 aliphatic carbocycles. The van der Waals surface area contributed by atoms with Crippen LogP contribution in [0.1, 0.15) is 17.1 Å². The fourth-order valence-electron chi connectivity index (χ4n) is 1.60. The quantitative estimate of drug-likeness (QED) is 0.855. The summed E-state index contributed by atoms with van der Waals surface area (Å²) in [6.07, 6.45) is -2.72. The van der Waals surface area contributed by atoms with E-state index in [0.29, 0.717) is 0 Å². The zero-order valence-electron chi connectivity index (χ0n) is 10.5. The Morgan fingerprint density at radius 3 is 2.63 bits per heavy atom. The fourth-order valence-corrected chi connectivity index (χ4v) is 1.60. The monoisotopic (exact) mass is 270 g/mol. The highest BCUT2D eigenvalue weighted by atomic mass is 19.4. The molecule has 0 spiro atoms. The van der Waals surface area contributed by atoms with Crippen molar-refractivity contribution in [2.75, 3.05) is 0 Å². The van der Waals surface area contributed by atoms with E-state index in [0.717, 1.165) is 23.7 Å². The van der Waals surface area contributed by atoms with E-state index < -0.39 is 11.7 Å². The van der Waals surface area contributed by atoms with Crippen molar-refractivity contribution in [1.29, 1.82) is 0 Å². The van der Waals surface area contributed by atoms with Gasteiger partial charge in [0.1, 0.15) is 18.2 Å². The molecular formula is C13H13F3N2O. The standard InChI is InChI=1S/C13H13F3N2O/c1-9-17-7-11(18(9)2)8-19-12-5-3-4-10(6-12)13(14,15)16/h3-7H,8H2,1-2H3. The lowest BCUT2D eigenvalue weighted by atomic mass is 10.2. The molecule has 0 fully saturated rings. The second kappa shape index (κ2) is 4.95. The summed E-state index contributed by atoms with van der Waals surface area (Å²) in [5, 5.41) is 0. The molecule has 3 nitrogen and oxygen atoms in total. The van der Waals surface area contributed by atoms with Crippen LogP contribution in [0, 0.1) is 6.92 Å². The molecule has 2 aromatic rings. The van der Waals surface area contributed by atoms with Crippen molar-refractivity contribution in [2.24, 2.45) is 7.05 Å². The maximum absolute atomic E-state index is 12.5. The number of aryl methyl sites for hydroxylation is 1. The number of alkyl halides is 3. The molecule has 6 heteroatoms. The second-order valence-electron chi connectivity index (χ2n) is 4.17. The molecule has 0 saturated heterocycles. The van der Waals surface area contributed by atoms with Gasteiger partial charge in [0.25, 0.3) is 0 Å². The van der Waals surface area contributed by atoms with Gasteiger partial charge in [0.15, 0.2) is 0 Å². The van der Waals surface area contributed by atoms with Gasteiger partial charge in [-0.3, -0.25) is 0 Å². The number of hydrogen-bond acceptors (Lipinski definition) is 2. The van der Waals surface area contributed by atoms with Gasteiger partial charge < -0.3 is 9.30 Å². The minimum atomic E-state index is -4.36. The van der Waals surface area contributed by atoms with Gasteiger partial charge in [0, 0.05) is 7.05 Å². The molecule has 0 atom stereocenters. The maximum atomic E-state index is 12.5. The normalized spacial score (nSPS) is 11.6. The van der Waals surface area contributed by atoms with Crippen LogP contribution in [0.3, 0.4) is 0 Å². The van der Waals surface area contributed by atoms with Gasteiger partial charge in [-0.1, -0.05) is 6.07 Å². The summed E-state index contributed by atoms with van der Waals surface area (Å²) in [5.41, 5.74) is 0.0844. The predicted molar refractivity (Wildman–Crippen MR) is 63.7 cm³/mol. The Kier molecular flexibility index (Phi) is 3.50.